The van der Waals surface area contributed by atoms with Crippen LogP contribution in [0.2, 0.25) is 5.02 Å². The molecule has 0 saturated heterocycles. The van der Waals surface area contributed by atoms with Crippen molar-refractivity contribution in [2.45, 2.75) is 19.5 Å². The number of anilines is 1. The first-order valence-corrected chi connectivity index (χ1v) is 9.63. The molecule has 0 spiro atoms. The van der Waals surface area contributed by atoms with Crippen LogP contribution in [0.4, 0.5) is 10.1 Å². The van der Waals surface area contributed by atoms with Crippen molar-refractivity contribution in [2.24, 2.45) is 0 Å². The van der Waals surface area contributed by atoms with Crippen LogP contribution in [0.15, 0.2) is 39.2 Å². The van der Waals surface area contributed by atoms with E-state index in [9.17, 15) is 18.8 Å². The standard InChI is InChI=1S/C18H17ClFN3O4S/c1-27-7-2-6-22-17(25)16-14(5-8-28-16)23(18(22)26)10-15(24)21-11-3-4-13(20)12(19)9-11/h3-5,8-9H,2,6-7,10H2,1H3,(H,21,24). The molecule has 0 aliphatic rings. The summed E-state index contributed by atoms with van der Waals surface area (Å²) in [5.74, 6) is -1.10. The van der Waals surface area contributed by atoms with Crippen LogP contribution in [0.1, 0.15) is 6.42 Å². The first-order chi connectivity index (χ1) is 13.4. The molecule has 2 aromatic heterocycles. The number of rotatable bonds is 7. The van der Waals surface area contributed by atoms with Gasteiger partial charge in [0.25, 0.3) is 5.56 Å². The van der Waals surface area contributed by atoms with Crippen molar-refractivity contribution in [3.05, 3.63) is 61.3 Å². The van der Waals surface area contributed by atoms with Crippen LogP contribution >= 0.6 is 22.9 Å². The number of fused-ring (bicyclic) bond motifs is 1. The minimum absolute atomic E-state index is 0.123. The van der Waals surface area contributed by atoms with Crippen molar-refractivity contribution in [1.82, 2.24) is 9.13 Å². The number of aromatic nitrogens is 2. The lowest BCUT2D eigenvalue weighted by Crippen LogP contribution is -2.41. The zero-order valence-electron chi connectivity index (χ0n) is 14.9. The van der Waals surface area contributed by atoms with Crippen molar-refractivity contribution >= 4 is 44.7 Å². The van der Waals surface area contributed by atoms with Gasteiger partial charge in [-0.15, -0.1) is 11.3 Å². The summed E-state index contributed by atoms with van der Waals surface area (Å²) < 4.78 is 21.0. The molecule has 3 rings (SSSR count). The van der Waals surface area contributed by atoms with Gasteiger partial charge in [0.05, 0.1) is 10.5 Å². The van der Waals surface area contributed by atoms with Crippen molar-refractivity contribution < 1.29 is 13.9 Å². The Bertz CT molecular complexity index is 1140. The molecule has 2 heterocycles. The predicted molar refractivity (Wildman–Crippen MR) is 107 cm³/mol. The van der Waals surface area contributed by atoms with E-state index >= 15 is 0 Å². The van der Waals surface area contributed by atoms with Crippen LogP contribution in [0.3, 0.4) is 0 Å². The first kappa shape index (κ1) is 20.2. The molecule has 3 aromatic rings. The lowest BCUT2D eigenvalue weighted by molar-refractivity contribution is -0.116. The average Bonchev–Trinajstić information content (AvgIpc) is 3.14. The van der Waals surface area contributed by atoms with Crippen LogP contribution < -0.4 is 16.6 Å². The largest absolute Gasteiger partial charge is 0.385 e. The Hall–Kier alpha value is -2.49. The molecule has 0 unspecified atom stereocenters. The number of amides is 1. The molecule has 0 saturated carbocycles. The lowest BCUT2D eigenvalue weighted by atomic mass is 10.3. The Morgan fingerprint density at radius 3 is 2.79 bits per heavy atom. The molecule has 0 radical (unpaired) electrons. The summed E-state index contributed by atoms with van der Waals surface area (Å²) >= 11 is 6.93. The molecular weight excluding hydrogens is 409 g/mol. The van der Waals surface area contributed by atoms with E-state index in [1.54, 1.807) is 11.4 Å². The minimum atomic E-state index is -0.598. The second-order valence-corrected chi connectivity index (χ2v) is 7.31. The van der Waals surface area contributed by atoms with E-state index in [2.05, 4.69) is 5.32 Å². The van der Waals surface area contributed by atoms with E-state index in [0.717, 1.165) is 10.6 Å². The van der Waals surface area contributed by atoms with Gasteiger partial charge < -0.3 is 10.1 Å². The van der Waals surface area contributed by atoms with Crippen LogP contribution in [0.5, 0.6) is 0 Å². The van der Waals surface area contributed by atoms with E-state index in [4.69, 9.17) is 16.3 Å². The Morgan fingerprint density at radius 1 is 1.29 bits per heavy atom. The third-order valence-electron chi connectivity index (χ3n) is 4.07. The highest BCUT2D eigenvalue weighted by atomic mass is 35.5. The van der Waals surface area contributed by atoms with E-state index in [1.807, 2.05) is 0 Å². The van der Waals surface area contributed by atoms with Crippen LogP contribution in [-0.4, -0.2) is 28.8 Å². The van der Waals surface area contributed by atoms with Gasteiger partial charge in [-0.1, -0.05) is 11.6 Å². The topological polar surface area (TPSA) is 82.3 Å². The second-order valence-electron chi connectivity index (χ2n) is 5.98. The van der Waals surface area contributed by atoms with Crippen LogP contribution in [-0.2, 0) is 22.6 Å². The summed E-state index contributed by atoms with van der Waals surface area (Å²) in [4.78, 5) is 37.8. The number of halogens is 2. The molecule has 1 aromatic carbocycles. The number of ether oxygens (including phenoxy) is 1. The number of hydrogen-bond donors (Lipinski definition) is 1. The molecule has 148 valence electrons. The van der Waals surface area contributed by atoms with Crippen LogP contribution in [0, 0.1) is 5.82 Å². The third kappa shape index (κ3) is 4.16. The van der Waals surface area contributed by atoms with Gasteiger partial charge in [-0.05, 0) is 36.1 Å². The molecule has 0 bridgehead atoms. The number of nitrogens with one attached hydrogen (secondary N) is 1. The number of methoxy groups -OCH3 is 1. The lowest BCUT2D eigenvalue weighted by Gasteiger charge is -2.12. The molecular formula is C18H17ClFN3O4S. The van der Waals surface area contributed by atoms with Gasteiger partial charge in [-0.2, -0.15) is 0 Å². The van der Waals surface area contributed by atoms with E-state index < -0.39 is 17.4 Å². The molecule has 7 nitrogen and oxygen atoms in total. The van der Waals surface area contributed by atoms with Gasteiger partial charge >= 0.3 is 5.69 Å². The number of nitrogens with zero attached hydrogens (tertiary/aromatic N) is 2. The highest BCUT2D eigenvalue weighted by Crippen LogP contribution is 2.20. The summed E-state index contributed by atoms with van der Waals surface area (Å²) in [5.41, 5.74) is -0.248. The molecule has 28 heavy (non-hydrogen) atoms. The Balaban J connectivity index is 1.92. The summed E-state index contributed by atoms with van der Waals surface area (Å²) in [6.45, 7) is 0.292. The zero-order valence-corrected chi connectivity index (χ0v) is 16.5. The molecule has 0 atom stereocenters. The molecule has 10 heteroatoms. The molecule has 1 N–H and O–H groups in total. The smallest absolute Gasteiger partial charge is 0.332 e. The molecule has 0 aliphatic carbocycles. The molecule has 0 fully saturated rings. The van der Waals surface area contributed by atoms with Crippen molar-refractivity contribution in [3.63, 3.8) is 0 Å². The highest BCUT2D eigenvalue weighted by molar-refractivity contribution is 7.17. The minimum Gasteiger partial charge on any atom is -0.385 e. The monoisotopic (exact) mass is 425 g/mol. The Morgan fingerprint density at radius 2 is 2.07 bits per heavy atom. The van der Waals surface area contributed by atoms with Gasteiger partial charge in [0.2, 0.25) is 5.91 Å². The van der Waals surface area contributed by atoms with Gasteiger partial charge in [-0.3, -0.25) is 18.7 Å². The number of carbonyl (C=O) groups is 1. The summed E-state index contributed by atoms with van der Waals surface area (Å²) in [5, 5.41) is 4.15. The molecule has 0 aliphatic heterocycles. The summed E-state index contributed by atoms with van der Waals surface area (Å²) in [6.07, 6.45) is 0.489. The Kier molecular flexibility index (Phi) is 6.28. The third-order valence-corrected chi connectivity index (χ3v) is 5.25. The summed E-state index contributed by atoms with van der Waals surface area (Å²) in [7, 11) is 1.54. The first-order valence-electron chi connectivity index (χ1n) is 8.37. The number of hydrogen-bond acceptors (Lipinski definition) is 5. The van der Waals surface area contributed by atoms with Crippen molar-refractivity contribution in [1.29, 1.82) is 0 Å². The maximum Gasteiger partial charge on any atom is 0.332 e. The zero-order chi connectivity index (χ0) is 20.3. The van der Waals surface area contributed by atoms with Crippen LogP contribution in [0.25, 0.3) is 10.2 Å². The highest BCUT2D eigenvalue weighted by Gasteiger charge is 2.16. The number of thiophene rings is 1. The number of carbonyl (C=O) groups excluding carboxylic acids is 1. The fraction of sp³-hybridized carbons (Fsp3) is 0.278. The van der Waals surface area contributed by atoms with E-state index in [-0.39, 0.29) is 23.7 Å². The average molecular weight is 426 g/mol. The van der Waals surface area contributed by atoms with Gasteiger partial charge in [0, 0.05) is 25.9 Å². The van der Waals surface area contributed by atoms with Crippen molar-refractivity contribution in [3.8, 4) is 0 Å². The quantitative estimate of drug-likeness (QED) is 0.590. The normalized spacial score (nSPS) is 11.1. The molecule has 1 amide bonds. The SMILES string of the molecule is COCCCn1c(=O)c2sccc2n(CC(=O)Nc2ccc(F)c(Cl)c2)c1=O. The maximum absolute atomic E-state index is 13.3. The second kappa shape index (κ2) is 8.68. The summed E-state index contributed by atoms with van der Waals surface area (Å²) in [6, 6.07) is 5.42. The number of benzene rings is 1. The van der Waals surface area contributed by atoms with E-state index in [0.29, 0.717) is 28.9 Å². The van der Waals surface area contributed by atoms with E-state index in [1.165, 1.54) is 35.1 Å². The Labute approximate surface area is 167 Å². The van der Waals surface area contributed by atoms with Gasteiger partial charge in [0.15, 0.2) is 0 Å². The van der Waals surface area contributed by atoms with Crippen molar-refractivity contribution in [2.75, 3.05) is 19.0 Å². The van der Waals surface area contributed by atoms with Gasteiger partial charge in [0.1, 0.15) is 17.1 Å². The van der Waals surface area contributed by atoms with Gasteiger partial charge in [-0.25, -0.2) is 9.18 Å². The maximum atomic E-state index is 13.3. The fourth-order valence-corrected chi connectivity index (χ4v) is 3.79. The fourth-order valence-electron chi connectivity index (χ4n) is 2.77. The predicted octanol–water partition coefficient (Wildman–Crippen LogP) is 2.69.